The summed E-state index contributed by atoms with van der Waals surface area (Å²) >= 11 is 6.43. The van der Waals surface area contributed by atoms with Crippen LogP contribution in [0.5, 0.6) is 0 Å². The first-order chi connectivity index (χ1) is 8.76. The molecule has 0 amide bonds. The Morgan fingerprint density at radius 2 is 1.94 bits per heavy atom. The van der Waals surface area contributed by atoms with Crippen LogP contribution >= 0.6 is 32.7 Å². The van der Waals surface area contributed by atoms with E-state index in [1.807, 2.05) is 6.07 Å². The van der Waals surface area contributed by atoms with Gasteiger partial charge in [-0.15, -0.1) is 20.7 Å². The molecule has 1 unspecified atom stereocenters. The molecule has 0 spiro atoms. The monoisotopic (exact) mass is 298 g/mol. The Morgan fingerprint density at radius 1 is 1.22 bits per heavy atom. The highest BCUT2D eigenvalue weighted by Crippen LogP contribution is 2.74. The number of nitrogens with zero attached hydrogens (tertiary/aromatic N) is 1. The molecule has 1 atom stereocenters. The van der Waals surface area contributed by atoms with E-state index in [-0.39, 0.29) is 0 Å². The Hall–Kier alpha value is -0.100. The van der Waals surface area contributed by atoms with Crippen LogP contribution in [0.2, 0.25) is 0 Å². The molecule has 2 nitrogen and oxygen atoms in total. The second-order valence-corrected chi connectivity index (χ2v) is 10.2. The van der Waals surface area contributed by atoms with Gasteiger partial charge in [-0.2, -0.15) is 0 Å². The van der Waals surface area contributed by atoms with Gasteiger partial charge in [-0.1, -0.05) is 31.4 Å². The van der Waals surface area contributed by atoms with Gasteiger partial charge in [0.05, 0.1) is 5.69 Å². The van der Waals surface area contributed by atoms with Crippen molar-refractivity contribution in [3.05, 3.63) is 24.3 Å². The van der Waals surface area contributed by atoms with E-state index in [1.165, 1.54) is 48.9 Å². The Balaban J connectivity index is 2.05. The second-order valence-electron chi connectivity index (χ2n) is 4.85. The maximum absolute atomic E-state index is 5.85. The summed E-state index contributed by atoms with van der Waals surface area (Å²) in [5, 5.41) is 6.50. The SMILES string of the molecule is NSC1=Nc2ccccc2S1(S)C1CCCCC1. The molecule has 0 radical (unpaired) electrons. The van der Waals surface area contributed by atoms with Gasteiger partial charge in [-0.25, -0.2) is 4.99 Å². The molecule has 1 aliphatic heterocycles. The van der Waals surface area contributed by atoms with Gasteiger partial charge in [0.15, 0.2) is 0 Å². The highest BCUT2D eigenvalue weighted by atomic mass is 33.1. The highest BCUT2D eigenvalue weighted by molar-refractivity contribution is 8.98. The molecule has 2 aliphatic rings. The van der Waals surface area contributed by atoms with Crippen LogP contribution in [0.1, 0.15) is 32.1 Å². The molecule has 1 heterocycles. The van der Waals surface area contributed by atoms with Crippen LogP contribution in [0, 0.1) is 0 Å². The number of thiol groups is 1. The molecule has 2 N–H and O–H groups in total. The standard InChI is InChI=1S/C13H18N2S3/c14-17-13-15-11-8-4-5-9-12(11)18(13,16)10-6-2-1-3-7-10/h4-5,8-10,16H,1-3,6-7,14H2. The smallest absolute Gasteiger partial charge is 0.141 e. The summed E-state index contributed by atoms with van der Waals surface area (Å²) in [7, 11) is -1.27. The van der Waals surface area contributed by atoms with Gasteiger partial charge in [-0.05, 0) is 36.9 Å². The minimum absolute atomic E-state index is 0.646. The fourth-order valence-corrected chi connectivity index (χ4v) is 8.73. The van der Waals surface area contributed by atoms with Crippen LogP contribution in [-0.4, -0.2) is 9.63 Å². The number of benzene rings is 1. The van der Waals surface area contributed by atoms with Crippen molar-refractivity contribution < 1.29 is 0 Å². The lowest BCUT2D eigenvalue weighted by atomic mass is 10.0. The molecular weight excluding hydrogens is 280 g/mol. The topological polar surface area (TPSA) is 38.4 Å². The number of rotatable bonds is 1. The molecule has 5 heteroatoms. The Bertz CT molecular complexity index is 483. The van der Waals surface area contributed by atoms with Gasteiger partial charge < -0.3 is 0 Å². The Kier molecular flexibility index (Phi) is 3.67. The molecule has 1 fully saturated rings. The average Bonchev–Trinajstić information content (AvgIpc) is 2.74. The fourth-order valence-electron chi connectivity index (χ4n) is 2.90. The van der Waals surface area contributed by atoms with E-state index >= 15 is 0 Å². The third-order valence-corrected chi connectivity index (χ3v) is 10.6. The zero-order valence-electron chi connectivity index (χ0n) is 10.2. The third kappa shape index (κ3) is 1.92. The van der Waals surface area contributed by atoms with Gasteiger partial charge >= 0.3 is 0 Å². The van der Waals surface area contributed by atoms with Crippen LogP contribution in [0.3, 0.4) is 0 Å². The number of fused-ring (bicyclic) bond motifs is 1. The predicted octanol–water partition coefficient (Wildman–Crippen LogP) is 4.64. The first-order valence-electron chi connectivity index (χ1n) is 6.36. The summed E-state index contributed by atoms with van der Waals surface area (Å²) in [6.45, 7) is 0. The molecular formula is C13H18N2S3. The van der Waals surface area contributed by atoms with Crippen molar-refractivity contribution in [2.45, 2.75) is 42.2 Å². The molecule has 1 aliphatic carbocycles. The van der Waals surface area contributed by atoms with Gasteiger partial charge in [-0.3, -0.25) is 5.14 Å². The Labute approximate surface area is 119 Å². The highest BCUT2D eigenvalue weighted by Gasteiger charge is 2.42. The molecule has 98 valence electrons. The number of aliphatic imine (C=N–C) groups is 1. The number of nitrogens with two attached hydrogens (primary N) is 1. The van der Waals surface area contributed by atoms with Crippen molar-refractivity contribution >= 4 is 42.7 Å². The van der Waals surface area contributed by atoms with E-state index in [1.54, 1.807) is 0 Å². The van der Waals surface area contributed by atoms with Crippen LogP contribution in [0.15, 0.2) is 34.2 Å². The van der Waals surface area contributed by atoms with E-state index in [9.17, 15) is 0 Å². The molecule has 1 saturated carbocycles. The van der Waals surface area contributed by atoms with Crippen molar-refractivity contribution in [3.63, 3.8) is 0 Å². The number of hydrogen-bond donors (Lipinski definition) is 2. The normalized spacial score (nSPS) is 31.6. The first-order valence-corrected chi connectivity index (χ1v) is 9.99. The first kappa shape index (κ1) is 12.9. The lowest BCUT2D eigenvalue weighted by Crippen LogP contribution is -2.21. The molecule has 0 bridgehead atoms. The third-order valence-electron chi connectivity index (χ3n) is 3.81. The predicted molar refractivity (Wildman–Crippen MR) is 87.0 cm³/mol. The lowest BCUT2D eigenvalue weighted by Gasteiger charge is -2.41. The van der Waals surface area contributed by atoms with E-state index in [4.69, 9.17) is 21.8 Å². The van der Waals surface area contributed by atoms with Gasteiger partial charge in [0.2, 0.25) is 0 Å². The van der Waals surface area contributed by atoms with Crippen molar-refractivity contribution in [1.82, 2.24) is 0 Å². The van der Waals surface area contributed by atoms with Crippen molar-refractivity contribution in [3.8, 4) is 0 Å². The van der Waals surface area contributed by atoms with E-state index in [2.05, 4.69) is 18.2 Å². The quantitative estimate of drug-likeness (QED) is 0.343. The second kappa shape index (κ2) is 5.12. The summed E-state index contributed by atoms with van der Waals surface area (Å²) in [6, 6.07) is 8.42. The van der Waals surface area contributed by atoms with Crippen molar-refractivity contribution in [1.29, 1.82) is 0 Å². The maximum Gasteiger partial charge on any atom is 0.141 e. The zero-order chi connectivity index (χ0) is 12.6. The largest absolute Gasteiger partial charge is 0.272 e. The van der Waals surface area contributed by atoms with Crippen LogP contribution in [0.4, 0.5) is 5.69 Å². The van der Waals surface area contributed by atoms with E-state index < -0.39 is 9.06 Å². The minimum atomic E-state index is -1.27. The fraction of sp³-hybridized carbons (Fsp3) is 0.462. The summed E-state index contributed by atoms with van der Waals surface area (Å²) in [4.78, 5) is 6.04. The molecule has 3 rings (SSSR count). The molecule has 0 aromatic heterocycles. The van der Waals surface area contributed by atoms with E-state index in [0.717, 1.165) is 10.1 Å². The van der Waals surface area contributed by atoms with Gasteiger partial charge in [0.1, 0.15) is 4.38 Å². The minimum Gasteiger partial charge on any atom is -0.272 e. The number of para-hydroxylation sites is 1. The van der Waals surface area contributed by atoms with Crippen LogP contribution < -0.4 is 5.14 Å². The van der Waals surface area contributed by atoms with E-state index in [0.29, 0.717) is 5.25 Å². The van der Waals surface area contributed by atoms with Crippen molar-refractivity contribution in [2.75, 3.05) is 0 Å². The lowest BCUT2D eigenvalue weighted by molar-refractivity contribution is 0.514. The van der Waals surface area contributed by atoms with Crippen molar-refractivity contribution in [2.24, 2.45) is 10.1 Å². The van der Waals surface area contributed by atoms with Gasteiger partial charge in [0, 0.05) is 10.1 Å². The maximum atomic E-state index is 5.85. The summed E-state index contributed by atoms with van der Waals surface area (Å²) in [5.41, 5.74) is 1.08. The van der Waals surface area contributed by atoms with Crippen LogP contribution in [-0.2, 0) is 0 Å². The average molecular weight is 299 g/mol. The van der Waals surface area contributed by atoms with Crippen LogP contribution in [0.25, 0.3) is 0 Å². The molecule has 0 saturated heterocycles. The summed E-state index contributed by atoms with van der Waals surface area (Å²) < 4.78 is 1.05. The Morgan fingerprint density at radius 3 is 2.67 bits per heavy atom. The zero-order valence-corrected chi connectivity index (χ0v) is 12.7. The van der Waals surface area contributed by atoms with Gasteiger partial charge in [0.25, 0.3) is 0 Å². The number of hydrogen-bond acceptors (Lipinski definition) is 4. The summed E-state index contributed by atoms with van der Waals surface area (Å²) in [5.74, 6) is 0. The molecule has 1 aromatic rings. The molecule has 18 heavy (non-hydrogen) atoms. The summed E-state index contributed by atoms with van der Waals surface area (Å²) in [6.07, 6.45) is 6.55. The molecule has 1 aromatic carbocycles.